The molecule has 0 bridgehead atoms. The summed E-state index contributed by atoms with van der Waals surface area (Å²) in [4.78, 5) is 11.8. The van der Waals surface area contributed by atoms with E-state index < -0.39 is 0 Å². The van der Waals surface area contributed by atoms with Gasteiger partial charge in [0.2, 0.25) is 0 Å². The van der Waals surface area contributed by atoms with Crippen LogP contribution in [-0.2, 0) is 19.5 Å². The second-order valence-corrected chi connectivity index (χ2v) is 7.69. The van der Waals surface area contributed by atoms with Crippen molar-refractivity contribution >= 4 is 11.6 Å². The molecular formula is C23H24ClN3O2. The fraction of sp³-hybridized carbons (Fsp3) is 0.304. The molecule has 5 nitrogen and oxygen atoms in total. The number of rotatable bonds is 5. The first-order valence-electron chi connectivity index (χ1n) is 9.62. The molecule has 2 aromatic carbocycles. The average molecular weight is 410 g/mol. The molecule has 2 heterocycles. The predicted molar refractivity (Wildman–Crippen MR) is 115 cm³/mol. The SMILES string of the molecule is COc1cc(C)c(CN2CCc3nc(-c4ccc(Cl)cc4)ncc3C2)c(OC)c1. The maximum absolute atomic E-state index is 5.98. The zero-order valence-corrected chi connectivity index (χ0v) is 17.7. The van der Waals surface area contributed by atoms with Gasteiger partial charge >= 0.3 is 0 Å². The first kappa shape index (κ1) is 19.7. The Labute approximate surface area is 176 Å². The molecule has 0 unspecified atom stereocenters. The minimum Gasteiger partial charge on any atom is -0.497 e. The molecule has 1 aliphatic rings. The highest BCUT2D eigenvalue weighted by molar-refractivity contribution is 6.30. The number of benzene rings is 2. The van der Waals surface area contributed by atoms with Crippen molar-refractivity contribution in [2.45, 2.75) is 26.4 Å². The topological polar surface area (TPSA) is 47.5 Å². The van der Waals surface area contributed by atoms with Crippen LogP contribution < -0.4 is 9.47 Å². The lowest BCUT2D eigenvalue weighted by atomic mass is 10.0. The third-order valence-electron chi connectivity index (χ3n) is 5.36. The number of hydrogen-bond donors (Lipinski definition) is 0. The normalized spacial score (nSPS) is 13.8. The van der Waals surface area contributed by atoms with Crippen molar-refractivity contribution in [3.8, 4) is 22.9 Å². The van der Waals surface area contributed by atoms with Gasteiger partial charge in [0.25, 0.3) is 0 Å². The van der Waals surface area contributed by atoms with Crippen LogP contribution in [0, 0.1) is 6.92 Å². The first-order chi connectivity index (χ1) is 14.1. The van der Waals surface area contributed by atoms with E-state index in [1.165, 1.54) is 16.7 Å². The van der Waals surface area contributed by atoms with Gasteiger partial charge in [0, 0.05) is 60.0 Å². The number of nitrogens with zero attached hydrogens (tertiary/aromatic N) is 3. The highest BCUT2D eigenvalue weighted by Crippen LogP contribution is 2.31. The minimum atomic E-state index is 0.714. The lowest BCUT2D eigenvalue weighted by Crippen LogP contribution is -2.31. The molecule has 0 radical (unpaired) electrons. The van der Waals surface area contributed by atoms with Gasteiger partial charge in [-0.3, -0.25) is 4.90 Å². The van der Waals surface area contributed by atoms with Gasteiger partial charge in [-0.1, -0.05) is 11.6 Å². The first-order valence-corrected chi connectivity index (χ1v) is 9.99. The van der Waals surface area contributed by atoms with Crippen molar-refractivity contribution in [2.75, 3.05) is 20.8 Å². The van der Waals surface area contributed by atoms with Crippen LogP contribution in [0.5, 0.6) is 11.5 Å². The maximum Gasteiger partial charge on any atom is 0.159 e. The van der Waals surface area contributed by atoms with Crippen molar-refractivity contribution in [3.63, 3.8) is 0 Å². The van der Waals surface area contributed by atoms with Crippen molar-refractivity contribution in [3.05, 3.63) is 70.0 Å². The van der Waals surface area contributed by atoms with Crippen LogP contribution in [0.25, 0.3) is 11.4 Å². The molecule has 0 aliphatic carbocycles. The summed E-state index contributed by atoms with van der Waals surface area (Å²) in [6.07, 6.45) is 2.85. The van der Waals surface area contributed by atoms with Crippen LogP contribution in [0.2, 0.25) is 5.02 Å². The molecule has 0 amide bonds. The van der Waals surface area contributed by atoms with E-state index in [9.17, 15) is 0 Å². The van der Waals surface area contributed by atoms with Gasteiger partial charge < -0.3 is 9.47 Å². The summed E-state index contributed by atoms with van der Waals surface area (Å²) in [6, 6.07) is 11.6. The van der Waals surface area contributed by atoms with Gasteiger partial charge in [-0.2, -0.15) is 0 Å². The van der Waals surface area contributed by atoms with E-state index in [1.807, 2.05) is 36.5 Å². The Kier molecular flexibility index (Phi) is 5.69. The summed E-state index contributed by atoms with van der Waals surface area (Å²) >= 11 is 5.98. The van der Waals surface area contributed by atoms with Crippen LogP contribution in [0.1, 0.15) is 22.4 Å². The molecule has 0 fully saturated rings. The van der Waals surface area contributed by atoms with E-state index in [1.54, 1.807) is 14.2 Å². The molecule has 0 spiro atoms. The van der Waals surface area contributed by atoms with E-state index in [0.29, 0.717) is 5.02 Å². The number of methoxy groups -OCH3 is 2. The number of aromatic nitrogens is 2. The molecule has 0 N–H and O–H groups in total. The highest BCUT2D eigenvalue weighted by Gasteiger charge is 2.21. The number of ether oxygens (including phenoxy) is 2. The van der Waals surface area contributed by atoms with Gasteiger partial charge in [0.05, 0.1) is 19.9 Å². The summed E-state index contributed by atoms with van der Waals surface area (Å²) in [5.74, 6) is 2.43. The smallest absolute Gasteiger partial charge is 0.159 e. The van der Waals surface area contributed by atoms with E-state index in [0.717, 1.165) is 54.6 Å². The predicted octanol–water partition coefficient (Wildman–Crippen LogP) is 4.68. The molecule has 6 heteroatoms. The number of aryl methyl sites for hydroxylation is 1. The van der Waals surface area contributed by atoms with Crippen molar-refractivity contribution < 1.29 is 9.47 Å². The van der Waals surface area contributed by atoms with Gasteiger partial charge in [-0.05, 0) is 42.8 Å². The molecule has 1 aromatic heterocycles. The van der Waals surface area contributed by atoms with Crippen LogP contribution in [0.3, 0.4) is 0 Å². The lowest BCUT2D eigenvalue weighted by Gasteiger charge is -2.29. The Morgan fingerprint density at radius 1 is 1.10 bits per heavy atom. The standard InChI is InChI=1S/C23H24ClN3O2/c1-15-10-19(28-2)11-22(29-3)20(15)14-27-9-8-21-17(13-27)12-25-23(26-21)16-4-6-18(24)7-5-16/h4-7,10-12H,8-9,13-14H2,1-3H3. The second kappa shape index (κ2) is 8.39. The molecule has 0 saturated heterocycles. The Bertz CT molecular complexity index is 1020. The molecule has 3 aromatic rings. The quantitative estimate of drug-likeness (QED) is 0.612. The van der Waals surface area contributed by atoms with Gasteiger partial charge in [-0.15, -0.1) is 0 Å². The molecular weight excluding hydrogens is 386 g/mol. The van der Waals surface area contributed by atoms with E-state index >= 15 is 0 Å². The number of fused-ring (bicyclic) bond motifs is 1. The van der Waals surface area contributed by atoms with Crippen LogP contribution >= 0.6 is 11.6 Å². The Morgan fingerprint density at radius 3 is 2.62 bits per heavy atom. The summed E-state index contributed by atoms with van der Waals surface area (Å²) in [6.45, 7) is 4.68. The van der Waals surface area contributed by atoms with Crippen LogP contribution in [-0.4, -0.2) is 35.6 Å². The largest absolute Gasteiger partial charge is 0.497 e. The van der Waals surface area contributed by atoms with E-state index in [4.69, 9.17) is 26.1 Å². The van der Waals surface area contributed by atoms with Gasteiger partial charge in [0.15, 0.2) is 5.82 Å². The molecule has 1 aliphatic heterocycles. The van der Waals surface area contributed by atoms with Crippen LogP contribution in [0.4, 0.5) is 0 Å². The monoisotopic (exact) mass is 409 g/mol. The molecule has 150 valence electrons. The zero-order valence-electron chi connectivity index (χ0n) is 16.9. The number of halogens is 1. The Morgan fingerprint density at radius 2 is 1.90 bits per heavy atom. The second-order valence-electron chi connectivity index (χ2n) is 7.26. The van der Waals surface area contributed by atoms with Gasteiger partial charge in [0.1, 0.15) is 11.5 Å². The summed E-state index contributed by atoms with van der Waals surface area (Å²) in [5, 5.41) is 0.714. The van der Waals surface area contributed by atoms with E-state index in [-0.39, 0.29) is 0 Å². The third kappa shape index (κ3) is 4.21. The van der Waals surface area contributed by atoms with Crippen molar-refractivity contribution in [1.82, 2.24) is 14.9 Å². The highest BCUT2D eigenvalue weighted by atomic mass is 35.5. The Hall–Kier alpha value is -2.63. The molecule has 0 saturated carbocycles. The summed E-state index contributed by atoms with van der Waals surface area (Å²) < 4.78 is 11.0. The fourth-order valence-corrected chi connectivity index (χ4v) is 3.85. The van der Waals surface area contributed by atoms with Crippen LogP contribution in [0.15, 0.2) is 42.6 Å². The summed E-state index contributed by atoms with van der Waals surface area (Å²) in [7, 11) is 3.38. The van der Waals surface area contributed by atoms with Crippen molar-refractivity contribution in [2.24, 2.45) is 0 Å². The number of hydrogen-bond acceptors (Lipinski definition) is 5. The Balaban J connectivity index is 1.53. The maximum atomic E-state index is 5.98. The minimum absolute atomic E-state index is 0.714. The summed E-state index contributed by atoms with van der Waals surface area (Å²) in [5.41, 5.74) is 5.65. The molecule has 29 heavy (non-hydrogen) atoms. The molecule has 4 rings (SSSR count). The average Bonchev–Trinajstić information content (AvgIpc) is 2.75. The zero-order chi connectivity index (χ0) is 20.4. The van der Waals surface area contributed by atoms with Crippen molar-refractivity contribution in [1.29, 1.82) is 0 Å². The molecule has 0 atom stereocenters. The van der Waals surface area contributed by atoms with Gasteiger partial charge in [-0.25, -0.2) is 9.97 Å². The lowest BCUT2D eigenvalue weighted by molar-refractivity contribution is 0.238. The third-order valence-corrected chi connectivity index (χ3v) is 5.61. The van der Waals surface area contributed by atoms with E-state index in [2.05, 4.69) is 22.9 Å². The fourth-order valence-electron chi connectivity index (χ4n) is 3.73.